The number of pyridine rings is 1. The standard InChI is InChI=1S/C24H22N4O3S/c1-14-8-9-16-19(12-14)32-24(21(16)22(29)18-6-5-11-31-18)27-23(30)17-13-26-28(15(17)2)20-7-3-4-10-25-20/h3-7,10-11,13-14H,8-9,12H2,1-2H3,(H,27,30). The quantitative estimate of drug-likeness (QED) is 0.443. The number of carbonyl (C=O) groups excluding carboxylic acids is 2. The van der Waals surface area contributed by atoms with Crippen molar-refractivity contribution >= 4 is 28.0 Å². The molecule has 7 nitrogen and oxygen atoms in total. The smallest absolute Gasteiger partial charge is 0.259 e. The minimum Gasteiger partial charge on any atom is -0.461 e. The Balaban J connectivity index is 1.50. The van der Waals surface area contributed by atoms with Gasteiger partial charge in [-0.25, -0.2) is 9.67 Å². The maximum atomic E-state index is 13.3. The highest BCUT2D eigenvalue weighted by molar-refractivity contribution is 7.17. The highest BCUT2D eigenvalue weighted by Crippen LogP contribution is 2.41. The number of anilines is 1. The molecule has 1 aliphatic rings. The molecule has 0 saturated heterocycles. The summed E-state index contributed by atoms with van der Waals surface area (Å²) in [5.74, 6) is 0.968. The van der Waals surface area contributed by atoms with E-state index in [0.717, 1.165) is 29.7 Å². The van der Waals surface area contributed by atoms with E-state index < -0.39 is 0 Å². The van der Waals surface area contributed by atoms with Crippen LogP contribution >= 0.6 is 11.3 Å². The van der Waals surface area contributed by atoms with Crippen LogP contribution in [0.5, 0.6) is 0 Å². The van der Waals surface area contributed by atoms with E-state index in [2.05, 4.69) is 22.3 Å². The summed E-state index contributed by atoms with van der Waals surface area (Å²) in [6.45, 7) is 4.04. The van der Waals surface area contributed by atoms with Crippen molar-refractivity contribution < 1.29 is 14.0 Å². The van der Waals surface area contributed by atoms with E-state index in [9.17, 15) is 9.59 Å². The minimum absolute atomic E-state index is 0.196. The van der Waals surface area contributed by atoms with Gasteiger partial charge >= 0.3 is 0 Å². The average Bonchev–Trinajstić information content (AvgIpc) is 3.52. The number of amides is 1. The molecule has 0 spiro atoms. The zero-order valence-electron chi connectivity index (χ0n) is 17.8. The molecule has 1 N–H and O–H groups in total. The third-order valence-corrected chi connectivity index (χ3v) is 7.00. The maximum absolute atomic E-state index is 13.3. The lowest BCUT2D eigenvalue weighted by molar-refractivity contribution is 0.101. The highest BCUT2D eigenvalue weighted by atomic mass is 32.1. The first-order chi connectivity index (χ1) is 15.5. The summed E-state index contributed by atoms with van der Waals surface area (Å²) < 4.78 is 7.00. The maximum Gasteiger partial charge on any atom is 0.259 e. The molecule has 8 heteroatoms. The third-order valence-electron chi connectivity index (χ3n) is 5.83. The van der Waals surface area contributed by atoms with E-state index in [1.54, 1.807) is 23.0 Å². The predicted molar refractivity (Wildman–Crippen MR) is 122 cm³/mol. The number of nitrogens with one attached hydrogen (secondary N) is 1. The van der Waals surface area contributed by atoms with Gasteiger partial charge in [-0.1, -0.05) is 13.0 Å². The molecule has 0 fully saturated rings. The Bertz CT molecular complexity index is 1290. The minimum atomic E-state index is -0.301. The topological polar surface area (TPSA) is 90.0 Å². The van der Waals surface area contributed by atoms with Gasteiger partial charge in [0, 0.05) is 11.1 Å². The summed E-state index contributed by atoms with van der Waals surface area (Å²) in [5, 5.41) is 7.90. The van der Waals surface area contributed by atoms with E-state index in [-0.39, 0.29) is 17.5 Å². The van der Waals surface area contributed by atoms with Gasteiger partial charge in [-0.3, -0.25) is 9.59 Å². The van der Waals surface area contributed by atoms with E-state index in [1.165, 1.54) is 23.8 Å². The van der Waals surface area contributed by atoms with Crippen molar-refractivity contribution in [2.24, 2.45) is 5.92 Å². The summed E-state index contributed by atoms with van der Waals surface area (Å²) >= 11 is 1.49. The number of hydrogen-bond acceptors (Lipinski definition) is 6. The molecular formula is C24H22N4O3S. The number of carbonyl (C=O) groups is 2. The molecule has 1 amide bonds. The largest absolute Gasteiger partial charge is 0.461 e. The van der Waals surface area contributed by atoms with Crippen LogP contribution < -0.4 is 5.32 Å². The van der Waals surface area contributed by atoms with Crippen LogP contribution in [0.1, 0.15) is 56.0 Å². The second kappa shape index (κ2) is 8.20. The number of nitrogens with zero attached hydrogens (tertiary/aromatic N) is 3. The van der Waals surface area contributed by atoms with Gasteiger partial charge < -0.3 is 9.73 Å². The van der Waals surface area contributed by atoms with E-state index in [4.69, 9.17) is 4.42 Å². The Morgan fingerprint density at radius 3 is 2.88 bits per heavy atom. The third kappa shape index (κ3) is 3.56. The van der Waals surface area contributed by atoms with Crippen molar-refractivity contribution in [1.29, 1.82) is 0 Å². The van der Waals surface area contributed by atoms with E-state index >= 15 is 0 Å². The normalized spacial score (nSPS) is 15.4. The monoisotopic (exact) mass is 446 g/mol. The van der Waals surface area contributed by atoms with Gasteiger partial charge in [0.2, 0.25) is 5.78 Å². The number of furan rings is 1. The molecule has 0 aliphatic heterocycles. The summed E-state index contributed by atoms with van der Waals surface area (Å²) in [6.07, 6.45) is 7.45. The molecule has 1 aliphatic carbocycles. The molecule has 162 valence electrons. The Labute approximate surface area is 189 Å². The molecule has 1 atom stereocenters. The second-order valence-electron chi connectivity index (χ2n) is 8.06. The average molecular weight is 447 g/mol. The Hall–Kier alpha value is -3.52. The van der Waals surface area contributed by atoms with Crippen LogP contribution in [0.25, 0.3) is 5.82 Å². The molecule has 0 aromatic carbocycles. The van der Waals surface area contributed by atoms with Gasteiger partial charge in [0.25, 0.3) is 5.91 Å². The second-order valence-corrected chi connectivity index (χ2v) is 9.17. The SMILES string of the molecule is Cc1c(C(=O)Nc2sc3c(c2C(=O)c2ccco2)CCC(C)C3)cnn1-c1ccccn1. The first-order valence-corrected chi connectivity index (χ1v) is 11.3. The summed E-state index contributed by atoms with van der Waals surface area (Å²) in [5.41, 5.74) is 2.70. The fourth-order valence-electron chi connectivity index (χ4n) is 4.12. The lowest BCUT2D eigenvalue weighted by Gasteiger charge is -2.18. The van der Waals surface area contributed by atoms with Crippen LogP contribution in [0, 0.1) is 12.8 Å². The van der Waals surface area contributed by atoms with E-state index in [1.807, 2.05) is 25.1 Å². The molecule has 32 heavy (non-hydrogen) atoms. The predicted octanol–water partition coefficient (Wildman–Crippen LogP) is 4.84. The van der Waals surface area contributed by atoms with Crippen molar-refractivity contribution in [1.82, 2.24) is 14.8 Å². The van der Waals surface area contributed by atoms with Crippen LogP contribution in [0.2, 0.25) is 0 Å². The summed E-state index contributed by atoms with van der Waals surface area (Å²) in [4.78, 5) is 31.9. The molecule has 0 radical (unpaired) electrons. The summed E-state index contributed by atoms with van der Waals surface area (Å²) in [6, 6.07) is 8.88. The molecule has 0 saturated carbocycles. The molecule has 4 aromatic rings. The number of aromatic nitrogens is 3. The number of rotatable bonds is 5. The van der Waals surface area contributed by atoms with Gasteiger partial charge in [0.1, 0.15) is 5.00 Å². The highest BCUT2D eigenvalue weighted by Gasteiger charge is 2.30. The zero-order valence-corrected chi connectivity index (χ0v) is 18.6. The number of ketones is 1. The van der Waals surface area contributed by atoms with E-state index in [0.29, 0.717) is 33.6 Å². The van der Waals surface area contributed by atoms with Crippen molar-refractivity contribution in [2.75, 3.05) is 5.32 Å². The molecule has 0 bridgehead atoms. The first kappa shape index (κ1) is 20.4. The summed E-state index contributed by atoms with van der Waals surface area (Å²) in [7, 11) is 0. The van der Waals surface area contributed by atoms with Crippen LogP contribution in [0.4, 0.5) is 5.00 Å². The van der Waals surface area contributed by atoms with Crippen molar-refractivity contribution in [3.05, 3.63) is 82.0 Å². The fourth-order valence-corrected chi connectivity index (χ4v) is 5.53. The molecule has 4 aromatic heterocycles. The molecule has 5 rings (SSSR count). The fraction of sp³-hybridized carbons (Fsp3) is 0.250. The van der Waals surface area contributed by atoms with Gasteiger partial charge in [0.05, 0.1) is 29.3 Å². The number of hydrogen-bond donors (Lipinski definition) is 1. The Morgan fingerprint density at radius 2 is 2.12 bits per heavy atom. The van der Waals surface area contributed by atoms with Gasteiger partial charge in [-0.05, 0) is 61.9 Å². The lowest BCUT2D eigenvalue weighted by Crippen LogP contribution is -2.16. The molecule has 1 unspecified atom stereocenters. The lowest BCUT2D eigenvalue weighted by atomic mass is 9.87. The molecule has 4 heterocycles. The Morgan fingerprint density at radius 1 is 1.25 bits per heavy atom. The van der Waals surface area contributed by atoms with Crippen LogP contribution in [-0.2, 0) is 12.8 Å². The Kier molecular flexibility index (Phi) is 5.22. The van der Waals surface area contributed by atoms with Gasteiger partial charge in [0.15, 0.2) is 11.6 Å². The number of fused-ring (bicyclic) bond motifs is 1. The van der Waals surface area contributed by atoms with Crippen molar-refractivity contribution in [3.8, 4) is 5.82 Å². The van der Waals surface area contributed by atoms with Crippen molar-refractivity contribution in [3.63, 3.8) is 0 Å². The van der Waals surface area contributed by atoms with Gasteiger partial charge in [-0.2, -0.15) is 5.10 Å². The van der Waals surface area contributed by atoms with Gasteiger partial charge in [-0.15, -0.1) is 11.3 Å². The van der Waals surface area contributed by atoms with Crippen LogP contribution in [0.15, 0.2) is 53.4 Å². The zero-order chi connectivity index (χ0) is 22.2. The van der Waals surface area contributed by atoms with Crippen LogP contribution in [-0.4, -0.2) is 26.5 Å². The number of thiophene rings is 1. The first-order valence-electron chi connectivity index (χ1n) is 10.5. The molecular weight excluding hydrogens is 424 g/mol. The van der Waals surface area contributed by atoms with Crippen LogP contribution in [0.3, 0.4) is 0 Å². The van der Waals surface area contributed by atoms with Crippen molar-refractivity contribution in [2.45, 2.75) is 33.1 Å².